The van der Waals surface area contributed by atoms with E-state index < -0.39 is 6.17 Å². The summed E-state index contributed by atoms with van der Waals surface area (Å²) in [5.74, 6) is 0.107. The Balaban J connectivity index is 1.99. The van der Waals surface area contributed by atoms with Crippen LogP contribution >= 0.6 is 23.2 Å². The topological polar surface area (TPSA) is 12.0 Å². The minimum absolute atomic E-state index is 0.107. The second kappa shape index (κ2) is 6.03. The van der Waals surface area contributed by atoms with Crippen LogP contribution in [0.25, 0.3) is 0 Å². The Hall–Kier alpha value is -0.310. The van der Waals surface area contributed by atoms with Gasteiger partial charge in [-0.2, -0.15) is 0 Å². The van der Waals surface area contributed by atoms with E-state index in [1.165, 1.54) is 0 Å². The molecule has 1 nitrogen and oxygen atoms in total. The molecular weight excluding hydrogens is 260 g/mol. The standard InChI is InChI=1S/C13H16Cl2FN/c14-11-4-3-9(12(15)7-11)6-13(16)10-2-1-5-17-8-10/h3-4,7,10,13,17H,1-2,5-6,8H2. The molecule has 0 aliphatic carbocycles. The van der Waals surface area contributed by atoms with Crippen molar-refractivity contribution in [3.63, 3.8) is 0 Å². The molecule has 1 aliphatic rings. The summed E-state index contributed by atoms with van der Waals surface area (Å²) in [6, 6.07) is 5.24. The summed E-state index contributed by atoms with van der Waals surface area (Å²) in [5, 5.41) is 4.38. The van der Waals surface area contributed by atoms with Crippen molar-refractivity contribution in [2.75, 3.05) is 13.1 Å². The van der Waals surface area contributed by atoms with Crippen LogP contribution < -0.4 is 5.32 Å². The van der Waals surface area contributed by atoms with Crippen LogP contribution in [0.2, 0.25) is 10.0 Å². The van der Waals surface area contributed by atoms with Gasteiger partial charge in [0, 0.05) is 28.9 Å². The highest BCUT2D eigenvalue weighted by Crippen LogP contribution is 2.26. The van der Waals surface area contributed by atoms with Gasteiger partial charge in [0.05, 0.1) is 0 Å². The summed E-state index contributed by atoms with van der Waals surface area (Å²) in [5.41, 5.74) is 0.842. The Morgan fingerprint density at radius 2 is 2.24 bits per heavy atom. The first-order valence-corrected chi connectivity index (χ1v) is 6.71. The first kappa shape index (κ1) is 13.1. The summed E-state index contributed by atoms with van der Waals surface area (Å²) in [6.45, 7) is 1.78. The number of hydrogen-bond donors (Lipinski definition) is 1. The Morgan fingerprint density at radius 3 is 2.88 bits per heavy atom. The third-order valence-electron chi connectivity index (χ3n) is 3.28. The Bertz CT molecular complexity index is 378. The molecule has 1 aromatic carbocycles. The van der Waals surface area contributed by atoms with Gasteiger partial charge in [0.25, 0.3) is 0 Å². The van der Waals surface area contributed by atoms with Crippen molar-refractivity contribution in [2.45, 2.75) is 25.4 Å². The van der Waals surface area contributed by atoms with Crippen molar-refractivity contribution in [1.82, 2.24) is 5.32 Å². The zero-order valence-electron chi connectivity index (χ0n) is 9.56. The highest BCUT2D eigenvalue weighted by Gasteiger charge is 2.23. The molecule has 0 spiro atoms. The van der Waals surface area contributed by atoms with Gasteiger partial charge in [0.2, 0.25) is 0 Å². The van der Waals surface area contributed by atoms with E-state index in [1.807, 2.05) is 6.07 Å². The molecule has 0 amide bonds. The van der Waals surface area contributed by atoms with Crippen LogP contribution in [0, 0.1) is 5.92 Å². The number of nitrogens with one attached hydrogen (secondary N) is 1. The fourth-order valence-electron chi connectivity index (χ4n) is 2.25. The first-order valence-electron chi connectivity index (χ1n) is 5.95. The molecule has 94 valence electrons. The Kier molecular flexibility index (Phi) is 4.66. The number of piperidine rings is 1. The second-order valence-electron chi connectivity index (χ2n) is 4.56. The SMILES string of the molecule is FC(Cc1ccc(Cl)cc1Cl)C1CCCNC1. The van der Waals surface area contributed by atoms with Gasteiger partial charge < -0.3 is 5.32 Å². The monoisotopic (exact) mass is 275 g/mol. The van der Waals surface area contributed by atoms with Crippen LogP contribution in [0.1, 0.15) is 18.4 Å². The first-order chi connectivity index (χ1) is 8.16. The lowest BCUT2D eigenvalue weighted by molar-refractivity contribution is 0.191. The van der Waals surface area contributed by atoms with Crippen molar-refractivity contribution < 1.29 is 4.39 Å². The summed E-state index contributed by atoms with van der Waals surface area (Å²) < 4.78 is 14.1. The van der Waals surface area contributed by atoms with Crippen LogP contribution in [0.4, 0.5) is 4.39 Å². The summed E-state index contributed by atoms with van der Waals surface area (Å²) in [4.78, 5) is 0. The van der Waals surface area contributed by atoms with E-state index in [-0.39, 0.29) is 5.92 Å². The highest BCUT2D eigenvalue weighted by atomic mass is 35.5. The van der Waals surface area contributed by atoms with Gasteiger partial charge in [-0.05, 0) is 37.1 Å². The average Bonchev–Trinajstić information content (AvgIpc) is 2.34. The average molecular weight is 276 g/mol. The zero-order valence-corrected chi connectivity index (χ0v) is 11.1. The van der Waals surface area contributed by atoms with Crippen molar-refractivity contribution >= 4 is 23.2 Å². The molecule has 2 unspecified atom stereocenters. The lowest BCUT2D eigenvalue weighted by atomic mass is 9.91. The predicted octanol–water partition coefficient (Wildman–Crippen LogP) is 3.87. The zero-order chi connectivity index (χ0) is 12.3. The molecule has 0 bridgehead atoms. The lowest BCUT2D eigenvalue weighted by Crippen LogP contribution is -2.35. The van der Waals surface area contributed by atoms with Gasteiger partial charge in [0.15, 0.2) is 0 Å². The molecule has 4 heteroatoms. The highest BCUT2D eigenvalue weighted by molar-refractivity contribution is 6.35. The summed E-state index contributed by atoms with van der Waals surface area (Å²) >= 11 is 11.9. The van der Waals surface area contributed by atoms with Crippen molar-refractivity contribution in [1.29, 1.82) is 0 Å². The molecule has 1 aromatic rings. The van der Waals surface area contributed by atoms with Gasteiger partial charge in [-0.15, -0.1) is 0 Å². The number of hydrogen-bond acceptors (Lipinski definition) is 1. The maximum atomic E-state index is 14.1. The van der Waals surface area contributed by atoms with Crippen LogP contribution in [-0.4, -0.2) is 19.3 Å². The van der Waals surface area contributed by atoms with E-state index in [9.17, 15) is 4.39 Å². The van der Waals surface area contributed by atoms with E-state index in [4.69, 9.17) is 23.2 Å². The molecule has 0 aromatic heterocycles. The number of alkyl halides is 1. The molecule has 1 aliphatic heterocycles. The van der Waals surface area contributed by atoms with Crippen LogP contribution in [-0.2, 0) is 6.42 Å². The molecule has 17 heavy (non-hydrogen) atoms. The normalized spacial score (nSPS) is 22.4. The van der Waals surface area contributed by atoms with Crippen LogP contribution in [0.3, 0.4) is 0 Å². The Morgan fingerprint density at radius 1 is 1.41 bits per heavy atom. The Labute approximate surface area is 111 Å². The maximum Gasteiger partial charge on any atom is 0.108 e. The molecule has 2 atom stereocenters. The number of halogens is 3. The maximum absolute atomic E-state index is 14.1. The quantitative estimate of drug-likeness (QED) is 0.883. The van der Waals surface area contributed by atoms with Gasteiger partial charge in [-0.3, -0.25) is 0 Å². The molecule has 1 saturated heterocycles. The molecule has 1 fully saturated rings. The minimum Gasteiger partial charge on any atom is -0.316 e. The van der Waals surface area contributed by atoms with E-state index in [0.29, 0.717) is 16.5 Å². The molecule has 2 rings (SSSR count). The second-order valence-corrected chi connectivity index (χ2v) is 5.41. The molecule has 0 saturated carbocycles. The van der Waals surface area contributed by atoms with Gasteiger partial charge in [0.1, 0.15) is 6.17 Å². The largest absolute Gasteiger partial charge is 0.316 e. The van der Waals surface area contributed by atoms with E-state index in [1.54, 1.807) is 12.1 Å². The molecule has 1 heterocycles. The fourth-order valence-corrected chi connectivity index (χ4v) is 2.74. The van der Waals surface area contributed by atoms with Gasteiger partial charge >= 0.3 is 0 Å². The summed E-state index contributed by atoms with van der Waals surface area (Å²) in [6.07, 6.45) is 1.56. The number of benzene rings is 1. The van der Waals surface area contributed by atoms with Crippen LogP contribution in [0.15, 0.2) is 18.2 Å². The predicted molar refractivity (Wildman–Crippen MR) is 70.7 cm³/mol. The summed E-state index contributed by atoms with van der Waals surface area (Å²) in [7, 11) is 0. The molecule has 0 radical (unpaired) electrons. The number of rotatable bonds is 3. The molecular formula is C13H16Cl2FN. The fraction of sp³-hybridized carbons (Fsp3) is 0.538. The third-order valence-corrected chi connectivity index (χ3v) is 3.86. The molecule has 1 N–H and O–H groups in total. The minimum atomic E-state index is -0.832. The van der Waals surface area contributed by atoms with Crippen molar-refractivity contribution in [3.8, 4) is 0 Å². The van der Waals surface area contributed by atoms with E-state index in [0.717, 1.165) is 31.5 Å². The van der Waals surface area contributed by atoms with Crippen LogP contribution in [0.5, 0.6) is 0 Å². The van der Waals surface area contributed by atoms with E-state index >= 15 is 0 Å². The van der Waals surface area contributed by atoms with Gasteiger partial charge in [-0.25, -0.2) is 4.39 Å². The van der Waals surface area contributed by atoms with Crippen molar-refractivity contribution in [2.24, 2.45) is 5.92 Å². The smallest absolute Gasteiger partial charge is 0.108 e. The third kappa shape index (κ3) is 3.57. The van der Waals surface area contributed by atoms with Crippen molar-refractivity contribution in [3.05, 3.63) is 33.8 Å². The lowest BCUT2D eigenvalue weighted by Gasteiger charge is -2.26. The van der Waals surface area contributed by atoms with E-state index in [2.05, 4.69) is 5.32 Å². The van der Waals surface area contributed by atoms with Gasteiger partial charge in [-0.1, -0.05) is 29.3 Å².